The SMILES string of the molecule is [B]C(C)(C)Oc1cc(Br)c(C)cc1N=O. The monoisotopic (exact) mass is 267 g/mol. The minimum Gasteiger partial charge on any atom is -0.496 e. The Kier molecular flexibility index (Phi) is 3.55. The summed E-state index contributed by atoms with van der Waals surface area (Å²) < 4.78 is 6.27. The van der Waals surface area contributed by atoms with E-state index in [0.717, 1.165) is 10.0 Å². The van der Waals surface area contributed by atoms with Gasteiger partial charge in [-0.25, -0.2) is 0 Å². The highest BCUT2D eigenvalue weighted by atomic mass is 79.9. The number of aryl methyl sites for hydroxylation is 1. The summed E-state index contributed by atoms with van der Waals surface area (Å²) in [6.07, 6.45) is 0. The van der Waals surface area contributed by atoms with Crippen LogP contribution in [0, 0.1) is 11.8 Å². The van der Waals surface area contributed by atoms with Crippen molar-refractivity contribution in [3.63, 3.8) is 0 Å². The van der Waals surface area contributed by atoms with Gasteiger partial charge in [0.25, 0.3) is 0 Å². The van der Waals surface area contributed by atoms with Crippen molar-refractivity contribution in [2.75, 3.05) is 0 Å². The molecule has 0 atom stereocenters. The molecule has 0 saturated carbocycles. The first-order chi connectivity index (χ1) is 6.83. The Morgan fingerprint density at radius 1 is 1.47 bits per heavy atom. The molecule has 15 heavy (non-hydrogen) atoms. The maximum absolute atomic E-state index is 10.6. The molecule has 0 N–H and O–H groups in total. The van der Waals surface area contributed by atoms with Crippen LogP contribution in [-0.4, -0.2) is 13.3 Å². The molecule has 0 aliphatic heterocycles. The van der Waals surface area contributed by atoms with Crippen molar-refractivity contribution in [1.82, 2.24) is 0 Å². The molecule has 0 aliphatic rings. The number of hydrogen-bond donors (Lipinski definition) is 0. The van der Waals surface area contributed by atoms with E-state index in [-0.39, 0.29) is 5.69 Å². The maximum Gasteiger partial charge on any atom is 0.150 e. The first kappa shape index (κ1) is 12.2. The number of ether oxygens (including phenoxy) is 1. The lowest BCUT2D eigenvalue weighted by molar-refractivity contribution is 0.199. The van der Waals surface area contributed by atoms with E-state index in [1.54, 1.807) is 26.0 Å². The fourth-order valence-electron chi connectivity index (χ4n) is 1.08. The third kappa shape index (κ3) is 3.34. The number of hydrogen-bond acceptors (Lipinski definition) is 3. The Bertz CT molecular complexity index is 388. The molecule has 0 aromatic heterocycles. The summed E-state index contributed by atoms with van der Waals surface area (Å²) in [5, 5.41) is 2.91. The minimum atomic E-state index is -0.839. The number of benzene rings is 1. The Morgan fingerprint density at radius 3 is 2.53 bits per heavy atom. The van der Waals surface area contributed by atoms with Crippen LogP contribution in [0.1, 0.15) is 19.4 Å². The number of nitrogens with zero attached hydrogens (tertiary/aromatic N) is 1. The van der Waals surface area contributed by atoms with E-state index in [1.165, 1.54) is 0 Å². The molecule has 0 heterocycles. The van der Waals surface area contributed by atoms with Crippen LogP contribution in [0.3, 0.4) is 0 Å². The standard InChI is InChI=1S/C10H11BBrNO2/c1-6-4-8(13-14)9(5-7(6)12)15-10(2,3)11/h4-5H,1-3H3. The molecule has 1 aromatic carbocycles. The third-order valence-electron chi connectivity index (χ3n) is 1.71. The van der Waals surface area contributed by atoms with Gasteiger partial charge in [0.1, 0.15) is 19.3 Å². The second-order valence-corrected chi connectivity index (χ2v) is 4.72. The average molecular weight is 268 g/mol. The fraction of sp³-hybridized carbons (Fsp3) is 0.400. The molecule has 5 heteroatoms. The first-order valence-corrected chi connectivity index (χ1v) is 5.24. The zero-order valence-electron chi connectivity index (χ0n) is 8.87. The van der Waals surface area contributed by atoms with Gasteiger partial charge in [-0.3, -0.25) is 0 Å². The maximum atomic E-state index is 10.6. The second-order valence-electron chi connectivity index (χ2n) is 3.87. The van der Waals surface area contributed by atoms with Gasteiger partial charge in [0, 0.05) is 4.47 Å². The molecular formula is C10H11BBrNO2. The highest BCUT2D eigenvalue weighted by molar-refractivity contribution is 9.10. The highest BCUT2D eigenvalue weighted by Crippen LogP contribution is 2.34. The van der Waals surface area contributed by atoms with Gasteiger partial charge in [-0.1, -0.05) is 15.9 Å². The molecular weight excluding hydrogens is 257 g/mol. The normalized spacial score (nSPS) is 11.2. The molecule has 78 valence electrons. The van der Waals surface area contributed by atoms with Gasteiger partial charge >= 0.3 is 0 Å². The summed E-state index contributed by atoms with van der Waals surface area (Å²) in [7, 11) is 5.70. The van der Waals surface area contributed by atoms with E-state index in [4.69, 9.17) is 12.6 Å². The average Bonchev–Trinajstić information content (AvgIpc) is 2.08. The topological polar surface area (TPSA) is 38.7 Å². The number of halogens is 1. The first-order valence-electron chi connectivity index (χ1n) is 4.45. The van der Waals surface area contributed by atoms with Gasteiger partial charge < -0.3 is 4.74 Å². The lowest BCUT2D eigenvalue weighted by Gasteiger charge is -2.22. The Labute approximate surface area is 98.7 Å². The number of nitroso groups, excluding NO2 is 1. The van der Waals surface area contributed by atoms with E-state index in [2.05, 4.69) is 21.1 Å². The molecule has 0 unspecified atom stereocenters. The third-order valence-corrected chi connectivity index (χ3v) is 2.57. The quantitative estimate of drug-likeness (QED) is 0.622. The van der Waals surface area contributed by atoms with Gasteiger partial charge in [0.05, 0.1) is 5.50 Å². The largest absolute Gasteiger partial charge is 0.496 e. The zero-order valence-corrected chi connectivity index (χ0v) is 10.5. The molecule has 0 saturated heterocycles. The summed E-state index contributed by atoms with van der Waals surface area (Å²) in [6.45, 7) is 5.28. The van der Waals surface area contributed by atoms with Crippen LogP contribution in [0.4, 0.5) is 5.69 Å². The van der Waals surface area contributed by atoms with Crippen molar-refractivity contribution in [3.8, 4) is 5.75 Å². The Hall–Kier alpha value is -0.835. The van der Waals surface area contributed by atoms with Crippen molar-refractivity contribution in [2.24, 2.45) is 5.18 Å². The molecule has 1 rings (SSSR count). The van der Waals surface area contributed by atoms with E-state index >= 15 is 0 Å². The van der Waals surface area contributed by atoms with Crippen LogP contribution in [-0.2, 0) is 0 Å². The van der Waals surface area contributed by atoms with Crippen LogP contribution in [0.5, 0.6) is 5.75 Å². The zero-order chi connectivity index (χ0) is 11.6. The van der Waals surface area contributed by atoms with Gasteiger partial charge in [-0.15, -0.1) is 4.91 Å². The summed E-state index contributed by atoms with van der Waals surface area (Å²) >= 11 is 3.35. The van der Waals surface area contributed by atoms with Crippen LogP contribution in [0.25, 0.3) is 0 Å². The molecule has 2 radical (unpaired) electrons. The van der Waals surface area contributed by atoms with Crippen molar-refractivity contribution in [3.05, 3.63) is 27.1 Å². The van der Waals surface area contributed by atoms with E-state index in [9.17, 15) is 4.91 Å². The summed E-state index contributed by atoms with van der Waals surface area (Å²) in [5.41, 5.74) is 0.342. The van der Waals surface area contributed by atoms with Crippen molar-refractivity contribution < 1.29 is 4.74 Å². The molecule has 0 fully saturated rings. The van der Waals surface area contributed by atoms with E-state index in [1.807, 2.05) is 6.92 Å². The van der Waals surface area contributed by atoms with Crippen LogP contribution in [0.2, 0.25) is 0 Å². The van der Waals surface area contributed by atoms with Crippen molar-refractivity contribution in [1.29, 1.82) is 0 Å². The molecule has 0 bridgehead atoms. The molecule has 3 nitrogen and oxygen atoms in total. The Morgan fingerprint density at radius 2 is 2.07 bits per heavy atom. The number of rotatable bonds is 3. The molecule has 0 amide bonds. The summed E-state index contributed by atoms with van der Waals surface area (Å²) in [4.78, 5) is 10.6. The van der Waals surface area contributed by atoms with Gasteiger partial charge in [0.2, 0.25) is 0 Å². The lowest BCUT2D eigenvalue weighted by Crippen LogP contribution is -2.28. The fourth-order valence-corrected chi connectivity index (χ4v) is 1.41. The van der Waals surface area contributed by atoms with Crippen molar-refractivity contribution in [2.45, 2.75) is 26.3 Å². The summed E-state index contributed by atoms with van der Waals surface area (Å²) in [5.74, 6) is 0.384. The second kappa shape index (κ2) is 4.35. The molecule has 1 aromatic rings. The Balaban J connectivity index is 3.16. The van der Waals surface area contributed by atoms with Gasteiger partial charge in [-0.2, -0.15) is 0 Å². The van der Waals surface area contributed by atoms with Crippen LogP contribution in [0.15, 0.2) is 21.8 Å². The molecule has 0 spiro atoms. The van der Waals surface area contributed by atoms with Gasteiger partial charge in [-0.05, 0) is 43.6 Å². The minimum absolute atomic E-state index is 0.259. The van der Waals surface area contributed by atoms with E-state index < -0.39 is 5.50 Å². The van der Waals surface area contributed by atoms with E-state index in [0.29, 0.717) is 5.75 Å². The smallest absolute Gasteiger partial charge is 0.150 e. The van der Waals surface area contributed by atoms with Gasteiger partial charge in [0.15, 0.2) is 0 Å². The van der Waals surface area contributed by atoms with Crippen LogP contribution >= 0.6 is 15.9 Å². The van der Waals surface area contributed by atoms with Crippen molar-refractivity contribution >= 4 is 29.5 Å². The highest BCUT2D eigenvalue weighted by Gasteiger charge is 2.16. The predicted molar refractivity (Wildman–Crippen MR) is 64.8 cm³/mol. The van der Waals surface area contributed by atoms with Crippen LogP contribution < -0.4 is 4.74 Å². The predicted octanol–water partition coefficient (Wildman–Crippen LogP) is 3.44. The lowest BCUT2D eigenvalue weighted by atomic mass is 9.86. The molecule has 0 aliphatic carbocycles. The summed E-state index contributed by atoms with van der Waals surface area (Å²) in [6, 6.07) is 3.35.